The van der Waals surface area contributed by atoms with Gasteiger partial charge in [0.15, 0.2) is 0 Å². The van der Waals surface area contributed by atoms with Crippen LogP contribution < -0.4 is 70.4 Å². The minimum absolute atomic E-state index is 0.0157. The molecule has 125 heavy (non-hydrogen) atoms. The van der Waals surface area contributed by atoms with Crippen molar-refractivity contribution in [1.29, 1.82) is 0 Å². The van der Waals surface area contributed by atoms with Crippen molar-refractivity contribution in [1.82, 2.24) is 53.2 Å². The van der Waals surface area contributed by atoms with E-state index in [0.717, 1.165) is 94.4 Å². The van der Waals surface area contributed by atoms with Crippen LogP contribution in [0.25, 0.3) is 0 Å². The topological polar surface area (TPSA) is 442 Å². The number of rotatable bonds is 83. The number of thioether (sulfide) groups is 2. The molecule has 720 valence electrons. The molecule has 0 saturated heterocycles. The van der Waals surface area contributed by atoms with Gasteiger partial charge in [-0.2, -0.15) is 23.5 Å². The van der Waals surface area contributed by atoms with Gasteiger partial charge in [0.2, 0.25) is 59.6 Å². The second-order valence-electron chi connectivity index (χ2n) is 35.7. The summed E-state index contributed by atoms with van der Waals surface area (Å²) in [5.74, 6) is -4.18. The molecule has 9 atom stereocenters. The summed E-state index contributed by atoms with van der Waals surface area (Å²) in [6, 6.07) is -0.760. The van der Waals surface area contributed by atoms with Crippen molar-refractivity contribution in [2.45, 2.75) is 399 Å². The average Bonchev–Trinajstić information content (AvgIpc) is 0.866. The number of ether oxygens (including phenoxy) is 2. The quantitative estimate of drug-likeness (QED) is 0.0164. The van der Waals surface area contributed by atoms with E-state index in [1.165, 1.54) is 120 Å². The molecule has 0 spiro atoms. The Morgan fingerprint density at radius 2 is 0.736 bits per heavy atom. The molecule has 0 bridgehead atoms. The fraction of sp³-hybridized carbons (Fsp3) is 0.811. The Bertz CT molecular complexity index is 3040. The predicted octanol–water partition coefficient (Wildman–Crippen LogP) is 12.2. The van der Waals surface area contributed by atoms with Gasteiger partial charge in [-0.1, -0.05) is 259 Å². The molecule has 0 heterocycles. The van der Waals surface area contributed by atoms with Gasteiger partial charge in [-0.3, -0.25) is 57.5 Å². The Labute approximate surface area is 761 Å². The normalized spacial score (nSPS) is 13.6. The number of aliphatic hydroxyl groups excluding tert-OH is 1. The molecule has 1 aromatic carbocycles. The van der Waals surface area contributed by atoms with Gasteiger partial charge in [0.1, 0.15) is 61.0 Å². The number of carbonyl (C=O) groups excluding carboxylic acids is 12. The second-order valence-corrected chi connectivity index (χ2v) is 37.8. The van der Waals surface area contributed by atoms with Gasteiger partial charge in [-0.05, 0) is 151 Å². The molecule has 0 aliphatic carbocycles. The lowest BCUT2D eigenvalue weighted by Gasteiger charge is -2.27. The number of hydrogen-bond donors (Lipinski definition) is 14. The minimum atomic E-state index is -1.65. The highest BCUT2D eigenvalue weighted by atomic mass is 32.2. The number of nitrogens with one attached hydrogen (secondary N) is 10. The summed E-state index contributed by atoms with van der Waals surface area (Å²) in [4.78, 5) is 166. The zero-order valence-corrected chi connectivity index (χ0v) is 80.2. The SMILES string of the molecule is CSCCC(NC=O)C(=O)NC(CC(C)C)C(=O)NC(Cc1ccccc1)C(=O)NCCNC(=O)C(CCCCN)NC(=O)C(CCCCN)NC(=O)C(CCCCN)NC(=O)C(CO)NC(=O)C(CSCC(COC(=O)CCCCCCCCCCCC(C)C)OC(=O)CCCCCCCCCCCC(C)C)NC(=O)CCCCCCCCCCCC(C)C. The molecule has 0 radical (unpaired) electrons. The fourth-order valence-electron chi connectivity index (χ4n) is 14.7. The molecule has 10 amide bonds. The van der Waals surface area contributed by atoms with Crippen molar-refractivity contribution in [3.05, 3.63) is 35.9 Å². The molecular formula is C95H173N13O15S2. The molecule has 9 unspecified atom stereocenters. The zero-order valence-electron chi connectivity index (χ0n) is 78.6. The minimum Gasteiger partial charge on any atom is -0.462 e. The summed E-state index contributed by atoms with van der Waals surface area (Å²) in [6.45, 7) is 16.7. The van der Waals surface area contributed by atoms with Crippen molar-refractivity contribution in [2.24, 2.45) is 40.9 Å². The summed E-state index contributed by atoms with van der Waals surface area (Å²) in [5.41, 5.74) is 18.5. The Balaban J connectivity index is 3.52. The summed E-state index contributed by atoms with van der Waals surface area (Å²) in [5, 5.41) is 38.4. The largest absolute Gasteiger partial charge is 0.462 e. The maximum absolute atomic E-state index is 14.7. The maximum atomic E-state index is 14.7. The standard InChI is InChI=1S/C95H173N13O15S2/c1-71(2)46-32-25-19-13-10-16-22-28-37-54-85(111)102-84(69-125-68-76(123-87(113)56-39-30-24-18-12-15-21-27-34-48-73(5)6)67-122-86(112)55-38-29-23-17-11-14-20-26-33-47-72(3)4)95(121)108-83(66-109)94(120)105-80(53-42-45-60-98)92(118)104-79(52-41-44-59-97)91(117)103-78(51-40-43-58-96)88(114)99-61-62-100-89(115)82(65-75-49-35-31-36-50-75)107-93(119)81(64-74(7)8)106-90(116)77(101-70-110)57-63-124-9/h31,35-36,49-50,70-74,76-84,109H,10-30,32-34,37-48,51-69,96-98H2,1-9H3,(H,99,114)(H,100,115)(H,101,110)(H,102,111)(H,103,117)(H,104,118)(H,105,120)(H,106,116)(H,107,119)(H,108,121). The van der Waals surface area contributed by atoms with Crippen molar-refractivity contribution in [3.8, 4) is 0 Å². The van der Waals surface area contributed by atoms with Gasteiger partial charge in [0.25, 0.3) is 0 Å². The van der Waals surface area contributed by atoms with Crippen LogP contribution >= 0.6 is 23.5 Å². The molecule has 0 aliphatic heterocycles. The van der Waals surface area contributed by atoms with E-state index < -0.39 is 126 Å². The number of amides is 10. The molecule has 17 N–H and O–H groups in total. The first-order valence-corrected chi connectivity index (χ1v) is 50.8. The highest BCUT2D eigenvalue weighted by molar-refractivity contribution is 7.99. The van der Waals surface area contributed by atoms with Crippen molar-refractivity contribution in [3.63, 3.8) is 0 Å². The maximum Gasteiger partial charge on any atom is 0.306 e. The van der Waals surface area contributed by atoms with E-state index in [1.807, 2.05) is 26.2 Å². The lowest BCUT2D eigenvalue weighted by atomic mass is 10.0. The molecule has 0 saturated carbocycles. The molecule has 1 aromatic rings. The van der Waals surface area contributed by atoms with Gasteiger partial charge in [0, 0.05) is 50.3 Å². The Hall–Kier alpha value is -6.60. The highest BCUT2D eigenvalue weighted by Gasteiger charge is 2.35. The molecule has 0 aliphatic rings. The van der Waals surface area contributed by atoms with Crippen LogP contribution in [-0.4, -0.2) is 201 Å². The third-order valence-corrected chi connectivity index (χ3v) is 24.0. The molecule has 0 aromatic heterocycles. The van der Waals surface area contributed by atoms with E-state index in [0.29, 0.717) is 88.8 Å². The third-order valence-electron chi connectivity index (χ3n) is 22.2. The number of nitrogens with two attached hydrogens (primary N) is 3. The Kier molecular flexibility index (Phi) is 72.0. The molecule has 30 heteroatoms. The summed E-state index contributed by atoms with van der Waals surface area (Å²) in [6.07, 6.45) is 37.9. The number of aliphatic hydroxyl groups is 1. The first-order valence-electron chi connectivity index (χ1n) is 48.3. The van der Waals surface area contributed by atoms with Crippen molar-refractivity contribution >= 4 is 95.0 Å². The van der Waals surface area contributed by atoms with E-state index in [2.05, 4.69) is 94.7 Å². The Morgan fingerprint density at radius 3 is 1.16 bits per heavy atom. The predicted molar refractivity (Wildman–Crippen MR) is 506 cm³/mol. The van der Waals surface area contributed by atoms with Crippen molar-refractivity contribution in [2.75, 3.05) is 69.5 Å². The van der Waals surface area contributed by atoms with Crippen LogP contribution in [0.4, 0.5) is 0 Å². The lowest BCUT2D eigenvalue weighted by Crippen LogP contribution is -2.60. The highest BCUT2D eigenvalue weighted by Crippen LogP contribution is 2.21. The smallest absolute Gasteiger partial charge is 0.306 e. The number of carbonyl (C=O) groups is 12. The van der Waals surface area contributed by atoms with Crippen LogP contribution in [0.1, 0.15) is 343 Å². The number of benzene rings is 1. The van der Waals surface area contributed by atoms with Crippen LogP contribution in [0.5, 0.6) is 0 Å². The van der Waals surface area contributed by atoms with Crippen LogP contribution in [0.2, 0.25) is 0 Å². The fourth-order valence-corrected chi connectivity index (χ4v) is 16.2. The molecule has 1 rings (SSSR count). The second kappa shape index (κ2) is 77.4. The van der Waals surface area contributed by atoms with E-state index in [4.69, 9.17) is 26.7 Å². The van der Waals surface area contributed by atoms with Crippen LogP contribution in [0, 0.1) is 23.7 Å². The van der Waals surface area contributed by atoms with Crippen LogP contribution in [-0.2, 0) is 73.4 Å². The lowest BCUT2D eigenvalue weighted by molar-refractivity contribution is -0.157. The summed E-state index contributed by atoms with van der Waals surface area (Å²) < 4.78 is 11.8. The number of esters is 2. The van der Waals surface area contributed by atoms with Gasteiger partial charge in [0.05, 0.1) is 6.61 Å². The van der Waals surface area contributed by atoms with Gasteiger partial charge in [-0.25, -0.2) is 0 Å². The van der Waals surface area contributed by atoms with E-state index in [1.54, 1.807) is 24.3 Å². The van der Waals surface area contributed by atoms with Crippen LogP contribution in [0.15, 0.2) is 30.3 Å². The Morgan fingerprint density at radius 1 is 0.376 bits per heavy atom. The summed E-state index contributed by atoms with van der Waals surface area (Å²) in [7, 11) is 0. The average molecular weight is 1800 g/mol. The molecule has 28 nitrogen and oxygen atoms in total. The molecular weight excluding hydrogens is 1630 g/mol. The molecule has 0 fully saturated rings. The van der Waals surface area contributed by atoms with Gasteiger partial charge in [-0.15, -0.1) is 0 Å². The number of hydrogen-bond acceptors (Lipinski definition) is 20. The first kappa shape index (κ1) is 116. The number of unbranched alkanes of at least 4 members (excludes halogenated alkanes) is 27. The van der Waals surface area contributed by atoms with E-state index in [9.17, 15) is 62.6 Å². The summed E-state index contributed by atoms with van der Waals surface area (Å²) >= 11 is 2.69. The first-order chi connectivity index (χ1) is 60.2. The third kappa shape index (κ3) is 63.1. The van der Waals surface area contributed by atoms with E-state index >= 15 is 0 Å². The monoisotopic (exact) mass is 1800 g/mol. The van der Waals surface area contributed by atoms with Gasteiger partial charge >= 0.3 is 11.9 Å². The van der Waals surface area contributed by atoms with Gasteiger partial charge < -0.3 is 84.9 Å². The van der Waals surface area contributed by atoms with Crippen LogP contribution in [0.3, 0.4) is 0 Å². The van der Waals surface area contributed by atoms with E-state index in [-0.39, 0.29) is 102 Å². The zero-order chi connectivity index (χ0) is 92.5. The van der Waals surface area contributed by atoms with Crippen molar-refractivity contribution < 1.29 is 72.1 Å².